The number of hydrogen-bond acceptors (Lipinski definition) is 4. The fourth-order valence-electron chi connectivity index (χ4n) is 3.73. The number of hydrogen-bond donors (Lipinski definition) is 1. The van der Waals surface area contributed by atoms with E-state index in [0.717, 1.165) is 43.3 Å². The third-order valence-corrected chi connectivity index (χ3v) is 5.87. The number of amides is 2. The molecule has 0 aliphatic carbocycles. The van der Waals surface area contributed by atoms with Crippen molar-refractivity contribution in [3.8, 4) is 0 Å². The molecule has 2 aliphatic rings. The third-order valence-electron chi connectivity index (χ3n) is 5.18. The molecule has 148 valence electrons. The van der Waals surface area contributed by atoms with Crippen LogP contribution >= 0.6 is 0 Å². The summed E-state index contributed by atoms with van der Waals surface area (Å²) in [6.45, 7) is 2.44. The number of carbonyl (C=O) groups is 2. The monoisotopic (exact) mass is 393 g/mol. The van der Waals surface area contributed by atoms with Crippen molar-refractivity contribution in [3.63, 3.8) is 0 Å². The summed E-state index contributed by atoms with van der Waals surface area (Å²) in [6, 6.07) is 7.62. The number of nitrogens with one attached hydrogen (secondary N) is 1. The molecule has 0 bridgehead atoms. The van der Waals surface area contributed by atoms with Crippen LogP contribution in [0.15, 0.2) is 24.3 Å². The Morgan fingerprint density at radius 3 is 2.56 bits per heavy atom. The van der Waals surface area contributed by atoms with Crippen LogP contribution in [-0.4, -0.2) is 57.6 Å². The van der Waals surface area contributed by atoms with Gasteiger partial charge in [0.2, 0.25) is 21.8 Å². The number of benzene rings is 1. The number of anilines is 1. The van der Waals surface area contributed by atoms with Gasteiger partial charge in [-0.3, -0.25) is 9.59 Å². The second-order valence-electron chi connectivity index (χ2n) is 7.46. The van der Waals surface area contributed by atoms with Crippen molar-refractivity contribution in [1.29, 1.82) is 0 Å². The van der Waals surface area contributed by atoms with Crippen LogP contribution in [0, 0.1) is 5.92 Å². The lowest BCUT2D eigenvalue weighted by molar-refractivity contribution is -0.132. The molecule has 0 saturated carbocycles. The Balaban J connectivity index is 1.54. The maximum atomic E-state index is 12.6. The summed E-state index contributed by atoms with van der Waals surface area (Å²) in [5.41, 5.74) is 1.81. The molecule has 0 radical (unpaired) electrons. The van der Waals surface area contributed by atoms with Gasteiger partial charge in [0.25, 0.3) is 0 Å². The summed E-state index contributed by atoms with van der Waals surface area (Å²) in [5, 5.41) is 0. The highest BCUT2D eigenvalue weighted by Crippen LogP contribution is 2.22. The van der Waals surface area contributed by atoms with E-state index in [-0.39, 0.29) is 17.7 Å². The molecule has 1 atom stereocenters. The molecular weight excluding hydrogens is 366 g/mol. The molecule has 1 N–H and O–H groups in total. The Bertz CT molecular complexity index is 792. The van der Waals surface area contributed by atoms with E-state index in [1.54, 1.807) is 4.90 Å². The summed E-state index contributed by atoms with van der Waals surface area (Å²) in [6.07, 6.45) is 4.77. The van der Waals surface area contributed by atoms with Crippen LogP contribution in [0.2, 0.25) is 0 Å². The molecular formula is C19H27N3O4S. The topological polar surface area (TPSA) is 86.8 Å². The Hall–Kier alpha value is -1.93. The third kappa shape index (κ3) is 5.52. The lowest BCUT2D eigenvalue weighted by Crippen LogP contribution is -2.44. The minimum atomic E-state index is -3.21. The van der Waals surface area contributed by atoms with E-state index in [9.17, 15) is 18.0 Å². The molecule has 2 amide bonds. The average molecular weight is 394 g/mol. The predicted molar refractivity (Wildman–Crippen MR) is 104 cm³/mol. The van der Waals surface area contributed by atoms with Crippen molar-refractivity contribution in [2.45, 2.75) is 32.1 Å². The molecule has 7 nitrogen and oxygen atoms in total. The zero-order valence-electron chi connectivity index (χ0n) is 15.7. The van der Waals surface area contributed by atoms with E-state index in [2.05, 4.69) is 4.72 Å². The first-order valence-corrected chi connectivity index (χ1v) is 11.3. The van der Waals surface area contributed by atoms with Gasteiger partial charge in [-0.15, -0.1) is 0 Å². The number of piperidine rings is 1. The lowest BCUT2D eigenvalue weighted by Gasteiger charge is -2.33. The molecule has 27 heavy (non-hydrogen) atoms. The number of likely N-dealkylation sites (tertiary alicyclic amines) is 1. The smallest absolute Gasteiger partial charge is 0.227 e. The van der Waals surface area contributed by atoms with Crippen LogP contribution in [0.25, 0.3) is 0 Å². The number of rotatable bonds is 6. The molecule has 2 saturated heterocycles. The Kier molecular flexibility index (Phi) is 6.16. The first kappa shape index (κ1) is 19.8. The standard InChI is InChI=1S/C19H27N3O4S/c1-27(25,26)20-13-16-4-2-10-21(14-16)19(24)12-15-6-8-17(9-7-15)22-11-3-5-18(22)23/h6-9,16,20H,2-5,10-14H2,1H3/t16-/m1/s1. The fraction of sp³-hybridized carbons (Fsp3) is 0.579. The number of carbonyl (C=O) groups excluding carboxylic acids is 2. The van der Waals surface area contributed by atoms with Crippen molar-refractivity contribution in [3.05, 3.63) is 29.8 Å². The lowest BCUT2D eigenvalue weighted by atomic mass is 9.97. The van der Waals surface area contributed by atoms with Gasteiger partial charge in [0.1, 0.15) is 0 Å². The number of sulfonamides is 1. The largest absolute Gasteiger partial charge is 0.342 e. The molecule has 0 unspecified atom stereocenters. The SMILES string of the molecule is CS(=O)(=O)NC[C@H]1CCCN(C(=O)Cc2ccc(N3CCCC3=O)cc2)C1. The number of nitrogens with zero attached hydrogens (tertiary/aromatic N) is 2. The molecule has 1 aromatic rings. The maximum Gasteiger partial charge on any atom is 0.227 e. The van der Waals surface area contributed by atoms with Crippen LogP contribution < -0.4 is 9.62 Å². The quantitative estimate of drug-likeness (QED) is 0.785. The second kappa shape index (κ2) is 8.39. The molecule has 2 heterocycles. The van der Waals surface area contributed by atoms with Crippen LogP contribution in [0.1, 0.15) is 31.2 Å². The van der Waals surface area contributed by atoms with Gasteiger partial charge in [0.15, 0.2) is 0 Å². The Morgan fingerprint density at radius 1 is 1.19 bits per heavy atom. The summed E-state index contributed by atoms with van der Waals surface area (Å²) in [4.78, 5) is 28.1. The van der Waals surface area contributed by atoms with E-state index in [1.165, 1.54) is 0 Å². The van der Waals surface area contributed by atoms with Gasteiger partial charge >= 0.3 is 0 Å². The Morgan fingerprint density at radius 2 is 1.93 bits per heavy atom. The van der Waals surface area contributed by atoms with Crippen LogP contribution in [-0.2, 0) is 26.0 Å². The van der Waals surface area contributed by atoms with E-state index in [4.69, 9.17) is 0 Å². The van der Waals surface area contributed by atoms with Gasteiger partial charge in [-0.1, -0.05) is 12.1 Å². The maximum absolute atomic E-state index is 12.6. The summed E-state index contributed by atoms with van der Waals surface area (Å²) >= 11 is 0. The minimum absolute atomic E-state index is 0.0593. The normalized spacial score (nSPS) is 20.9. The van der Waals surface area contributed by atoms with Gasteiger partial charge in [-0.05, 0) is 42.9 Å². The van der Waals surface area contributed by atoms with Crippen LogP contribution in [0.4, 0.5) is 5.69 Å². The van der Waals surface area contributed by atoms with Gasteiger partial charge in [-0.2, -0.15) is 0 Å². The molecule has 2 fully saturated rings. The highest BCUT2D eigenvalue weighted by Gasteiger charge is 2.25. The molecule has 0 aromatic heterocycles. The van der Waals surface area contributed by atoms with Gasteiger partial charge in [-0.25, -0.2) is 13.1 Å². The van der Waals surface area contributed by atoms with E-state index in [0.29, 0.717) is 32.5 Å². The first-order chi connectivity index (χ1) is 12.8. The zero-order chi connectivity index (χ0) is 19.4. The van der Waals surface area contributed by atoms with Crippen molar-refractivity contribution < 1.29 is 18.0 Å². The van der Waals surface area contributed by atoms with E-state index in [1.807, 2.05) is 29.2 Å². The predicted octanol–water partition coefficient (Wildman–Crippen LogP) is 1.14. The highest BCUT2D eigenvalue weighted by molar-refractivity contribution is 7.88. The average Bonchev–Trinajstić information content (AvgIpc) is 3.06. The van der Waals surface area contributed by atoms with Crippen molar-refractivity contribution in [1.82, 2.24) is 9.62 Å². The van der Waals surface area contributed by atoms with Gasteiger partial charge < -0.3 is 9.80 Å². The molecule has 3 rings (SSSR count). The summed E-state index contributed by atoms with van der Waals surface area (Å²) in [7, 11) is -3.21. The highest BCUT2D eigenvalue weighted by atomic mass is 32.2. The Labute approximate surface area is 160 Å². The van der Waals surface area contributed by atoms with Crippen LogP contribution in [0.5, 0.6) is 0 Å². The van der Waals surface area contributed by atoms with Gasteiger partial charge in [0.05, 0.1) is 12.7 Å². The van der Waals surface area contributed by atoms with E-state index < -0.39 is 10.0 Å². The minimum Gasteiger partial charge on any atom is -0.342 e. The first-order valence-electron chi connectivity index (χ1n) is 9.43. The second-order valence-corrected chi connectivity index (χ2v) is 9.29. The summed E-state index contributed by atoms with van der Waals surface area (Å²) < 4.78 is 25.1. The summed E-state index contributed by atoms with van der Waals surface area (Å²) in [5.74, 6) is 0.367. The molecule has 1 aromatic carbocycles. The molecule has 8 heteroatoms. The van der Waals surface area contributed by atoms with Gasteiger partial charge in [0, 0.05) is 38.3 Å². The molecule has 2 aliphatic heterocycles. The van der Waals surface area contributed by atoms with Crippen molar-refractivity contribution >= 4 is 27.5 Å². The molecule has 0 spiro atoms. The zero-order valence-corrected chi connectivity index (χ0v) is 16.5. The van der Waals surface area contributed by atoms with E-state index >= 15 is 0 Å². The fourth-order valence-corrected chi connectivity index (χ4v) is 4.27. The van der Waals surface area contributed by atoms with Crippen molar-refractivity contribution in [2.24, 2.45) is 5.92 Å². The van der Waals surface area contributed by atoms with Crippen LogP contribution in [0.3, 0.4) is 0 Å². The van der Waals surface area contributed by atoms with Crippen molar-refractivity contribution in [2.75, 3.05) is 37.3 Å².